The molecule has 0 bridgehead atoms. The van der Waals surface area contributed by atoms with E-state index in [1.165, 1.54) is 7.11 Å². The summed E-state index contributed by atoms with van der Waals surface area (Å²) in [5.74, 6) is 0.0157. The zero-order valence-electron chi connectivity index (χ0n) is 14.2. The average molecular weight is 339 g/mol. The molecule has 1 aliphatic heterocycles. The largest absolute Gasteiger partial charge is 0.504 e. The predicted octanol–water partition coefficient (Wildman–Crippen LogP) is 2.96. The smallest absolute Gasteiger partial charge is 0.161 e. The summed E-state index contributed by atoms with van der Waals surface area (Å²) in [6.45, 7) is 0. The van der Waals surface area contributed by atoms with Gasteiger partial charge >= 0.3 is 0 Å². The van der Waals surface area contributed by atoms with Gasteiger partial charge in [-0.15, -0.1) is 0 Å². The monoisotopic (exact) mass is 339 g/mol. The average Bonchev–Trinajstić information content (AvgIpc) is 2.61. The third-order valence-electron chi connectivity index (χ3n) is 5.40. The number of fused-ring (bicyclic) bond motifs is 1. The van der Waals surface area contributed by atoms with E-state index in [1.807, 2.05) is 0 Å². The lowest BCUT2D eigenvalue weighted by Crippen LogP contribution is -2.42. The van der Waals surface area contributed by atoms with Crippen molar-refractivity contribution in [2.24, 2.45) is 5.92 Å². The molecule has 0 spiro atoms. The van der Waals surface area contributed by atoms with E-state index in [1.54, 1.807) is 18.2 Å². The summed E-state index contributed by atoms with van der Waals surface area (Å²) in [4.78, 5) is 25.4. The highest BCUT2D eigenvalue weighted by molar-refractivity contribution is 6.01. The SMILES string of the molecule is COc1cc(C2C3=C(CCCC3=O)NC3=CCCC(=O)C32)ccc1O. The summed E-state index contributed by atoms with van der Waals surface area (Å²) >= 11 is 0. The van der Waals surface area contributed by atoms with Crippen LogP contribution in [0.5, 0.6) is 11.5 Å². The van der Waals surface area contributed by atoms with Gasteiger partial charge in [0.1, 0.15) is 5.78 Å². The molecule has 1 heterocycles. The molecule has 0 saturated heterocycles. The number of rotatable bonds is 2. The molecule has 1 aromatic rings. The van der Waals surface area contributed by atoms with Gasteiger partial charge in [0.15, 0.2) is 17.3 Å². The Morgan fingerprint density at radius 1 is 1.16 bits per heavy atom. The second-order valence-corrected chi connectivity index (χ2v) is 6.85. The number of benzene rings is 1. The molecule has 130 valence electrons. The number of carbonyl (C=O) groups is 2. The van der Waals surface area contributed by atoms with Crippen LogP contribution in [-0.2, 0) is 9.59 Å². The van der Waals surface area contributed by atoms with E-state index < -0.39 is 0 Å². The van der Waals surface area contributed by atoms with E-state index >= 15 is 0 Å². The van der Waals surface area contributed by atoms with Gasteiger partial charge in [0.2, 0.25) is 0 Å². The van der Waals surface area contributed by atoms with Crippen molar-refractivity contribution in [3.63, 3.8) is 0 Å². The van der Waals surface area contributed by atoms with Gasteiger partial charge in [-0.1, -0.05) is 12.1 Å². The number of aromatic hydroxyl groups is 1. The molecule has 0 amide bonds. The molecular formula is C20H21NO4. The van der Waals surface area contributed by atoms with Crippen molar-refractivity contribution in [3.8, 4) is 11.5 Å². The van der Waals surface area contributed by atoms with Crippen LogP contribution in [0.2, 0.25) is 0 Å². The molecule has 3 aliphatic rings. The number of phenolic OH excluding ortho intramolecular Hbond substituents is 1. The molecule has 2 atom stereocenters. The fourth-order valence-corrected chi connectivity index (χ4v) is 4.26. The lowest BCUT2D eigenvalue weighted by Gasteiger charge is -2.40. The molecule has 0 saturated carbocycles. The first-order valence-electron chi connectivity index (χ1n) is 8.73. The highest BCUT2D eigenvalue weighted by atomic mass is 16.5. The van der Waals surface area contributed by atoms with Crippen molar-refractivity contribution in [3.05, 3.63) is 46.8 Å². The van der Waals surface area contributed by atoms with Gasteiger partial charge in [0.25, 0.3) is 0 Å². The van der Waals surface area contributed by atoms with Crippen LogP contribution in [-0.4, -0.2) is 23.8 Å². The van der Waals surface area contributed by atoms with Gasteiger partial charge in [-0.05, 0) is 37.0 Å². The fraction of sp³-hybridized carbons (Fsp3) is 0.400. The number of hydrogen-bond acceptors (Lipinski definition) is 5. The molecule has 5 nitrogen and oxygen atoms in total. The fourth-order valence-electron chi connectivity index (χ4n) is 4.26. The summed E-state index contributed by atoms with van der Waals surface area (Å²) < 4.78 is 5.24. The number of phenols is 1. The van der Waals surface area contributed by atoms with Crippen molar-refractivity contribution in [2.45, 2.75) is 38.0 Å². The van der Waals surface area contributed by atoms with E-state index in [-0.39, 0.29) is 29.2 Å². The number of allylic oxidation sites excluding steroid dienone is 4. The standard InChI is InChI=1S/C20H21NO4/c1-25-17-10-11(8-9-14(17)22)18-19-12(4-2-6-15(19)23)21-13-5-3-7-16(24)20(13)18/h4,8-10,18-19,21-22H,2-3,5-7H2,1H3. The van der Waals surface area contributed by atoms with Crippen molar-refractivity contribution in [1.82, 2.24) is 5.32 Å². The number of methoxy groups -OCH3 is 1. The van der Waals surface area contributed by atoms with Gasteiger partial charge < -0.3 is 15.2 Å². The van der Waals surface area contributed by atoms with Gasteiger partial charge in [0.05, 0.1) is 13.0 Å². The van der Waals surface area contributed by atoms with Gasteiger partial charge in [0, 0.05) is 35.7 Å². The highest BCUT2D eigenvalue weighted by Crippen LogP contribution is 2.47. The summed E-state index contributed by atoms with van der Waals surface area (Å²) in [6.07, 6.45) is 5.50. The maximum atomic E-state index is 12.7. The second-order valence-electron chi connectivity index (χ2n) is 6.85. The molecule has 5 heteroatoms. The normalized spacial score (nSPS) is 25.7. The number of nitrogens with one attached hydrogen (secondary N) is 1. The minimum atomic E-state index is -0.358. The van der Waals surface area contributed by atoms with Crippen LogP contribution >= 0.6 is 0 Å². The lowest BCUT2D eigenvalue weighted by molar-refractivity contribution is -0.123. The van der Waals surface area contributed by atoms with Gasteiger partial charge in [-0.2, -0.15) is 0 Å². The van der Waals surface area contributed by atoms with Crippen LogP contribution in [0.1, 0.15) is 43.6 Å². The molecule has 4 rings (SSSR count). The Morgan fingerprint density at radius 3 is 2.80 bits per heavy atom. The first-order chi connectivity index (χ1) is 12.1. The van der Waals surface area contributed by atoms with Crippen LogP contribution in [0.4, 0.5) is 0 Å². The Balaban J connectivity index is 1.91. The lowest BCUT2D eigenvalue weighted by atomic mass is 9.68. The first kappa shape index (κ1) is 15.9. The van der Waals surface area contributed by atoms with Crippen molar-refractivity contribution in [2.75, 3.05) is 7.11 Å². The molecule has 2 aliphatic carbocycles. The van der Waals surface area contributed by atoms with E-state index in [2.05, 4.69) is 11.4 Å². The van der Waals surface area contributed by atoms with Crippen LogP contribution in [0, 0.1) is 5.92 Å². The summed E-state index contributed by atoms with van der Waals surface area (Å²) in [6, 6.07) is 5.11. The Hall–Kier alpha value is -2.56. The molecule has 2 N–H and O–H groups in total. The number of hydrogen-bond donors (Lipinski definition) is 2. The minimum absolute atomic E-state index is 0.0510. The highest BCUT2D eigenvalue weighted by Gasteiger charge is 2.44. The Morgan fingerprint density at radius 2 is 2.00 bits per heavy atom. The zero-order chi connectivity index (χ0) is 17.6. The number of ketones is 2. The van der Waals surface area contributed by atoms with E-state index in [4.69, 9.17) is 4.74 Å². The molecule has 0 aromatic heterocycles. The summed E-state index contributed by atoms with van der Waals surface area (Å²) in [5.41, 5.74) is 3.44. The van der Waals surface area contributed by atoms with Crippen LogP contribution in [0.3, 0.4) is 0 Å². The third-order valence-corrected chi connectivity index (χ3v) is 5.40. The topological polar surface area (TPSA) is 75.6 Å². The molecule has 25 heavy (non-hydrogen) atoms. The number of Topliss-reactive ketones (excluding diaryl/α,β-unsaturated/α-hetero) is 2. The summed E-state index contributed by atoms with van der Waals surface area (Å²) in [7, 11) is 1.49. The number of ether oxygens (including phenoxy) is 1. The van der Waals surface area contributed by atoms with Crippen LogP contribution < -0.4 is 10.1 Å². The predicted molar refractivity (Wildman–Crippen MR) is 92.2 cm³/mol. The van der Waals surface area contributed by atoms with E-state index in [0.29, 0.717) is 18.6 Å². The van der Waals surface area contributed by atoms with E-state index in [0.717, 1.165) is 41.8 Å². The maximum absolute atomic E-state index is 12.7. The third kappa shape index (κ3) is 2.54. The number of carbonyl (C=O) groups excluding carboxylic acids is 2. The molecule has 2 unspecified atom stereocenters. The van der Waals surface area contributed by atoms with E-state index in [9.17, 15) is 14.7 Å². The molecule has 1 aromatic carbocycles. The molecular weight excluding hydrogens is 318 g/mol. The van der Waals surface area contributed by atoms with Crippen LogP contribution in [0.15, 0.2) is 41.2 Å². The Kier molecular flexibility index (Phi) is 3.86. The van der Waals surface area contributed by atoms with Crippen molar-refractivity contribution in [1.29, 1.82) is 0 Å². The minimum Gasteiger partial charge on any atom is -0.504 e. The van der Waals surface area contributed by atoms with Gasteiger partial charge in [-0.25, -0.2) is 0 Å². The molecule has 0 radical (unpaired) electrons. The first-order valence-corrected chi connectivity index (χ1v) is 8.73. The molecule has 0 fully saturated rings. The quantitative estimate of drug-likeness (QED) is 0.866. The van der Waals surface area contributed by atoms with Crippen molar-refractivity contribution < 1.29 is 19.4 Å². The Labute approximate surface area is 146 Å². The van der Waals surface area contributed by atoms with Crippen LogP contribution in [0.25, 0.3) is 0 Å². The zero-order valence-corrected chi connectivity index (χ0v) is 14.2. The second kappa shape index (κ2) is 6.06. The summed E-state index contributed by atoms with van der Waals surface area (Å²) in [5, 5.41) is 13.3. The Bertz CT molecular complexity index is 821. The maximum Gasteiger partial charge on any atom is 0.161 e. The van der Waals surface area contributed by atoms with Crippen molar-refractivity contribution >= 4 is 11.6 Å². The van der Waals surface area contributed by atoms with Gasteiger partial charge in [-0.3, -0.25) is 9.59 Å².